The third-order valence-electron chi connectivity index (χ3n) is 3.73. The van der Waals surface area contributed by atoms with Gasteiger partial charge in [-0.05, 0) is 25.8 Å². The van der Waals surface area contributed by atoms with Crippen LogP contribution in [0.5, 0.6) is 0 Å². The van der Waals surface area contributed by atoms with Crippen LogP contribution < -0.4 is 27.4 Å². The Morgan fingerprint density at radius 2 is 1.39 bits per heavy atom. The molecule has 28 heavy (non-hydrogen) atoms. The zero-order valence-electron chi connectivity index (χ0n) is 15.3. The minimum Gasteiger partial charge on any atom is -0.480 e. The van der Waals surface area contributed by atoms with Crippen molar-refractivity contribution in [1.29, 1.82) is 0 Å². The Morgan fingerprint density at radius 1 is 0.857 bits per heavy atom. The highest BCUT2D eigenvalue weighted by atomic mass is 32.1. The van der Waals surface area contributed by atoms with E-state index >= 15 is 0 Å². The van der Waals surface area contributed by atoms with Gasteiger partial charge in [0.2, 0.25) is 17.7 Å². The van der Waals surface area contributed by atoms with Gasteiger partial charge in [0.1, 0.15) is 18.1 Å². The molecule has 0 saturated carbocycles. The van der Waals surface area contributed by atoms with E-state index in [2.05, 4.69) is 41.2 Å². The van der Waals surface area contributed by atoms with Gasteiger partial charge in [0.15, 0.2) is 0 Å². The largest absolute Gasteiger partial charge is 0.480 e. The molecule has 0 radical (unpaired) electrons. The molecule has 13 heteroatoms. The number of aliphatic carboxylic acids is 1. The molecule has 0 aromatic heterocycles. The Bertz CT molecular complexity index is 539. The highest BCUT2D eigenvalue weighted by Crippen LogP contribution is 2.03. The molecule has 4 atom stereocenters. The van der Waals surface area contributed by atoms with Gasteiger partial charge in [-0.15, -0.1) is 0 Å². The molecule has 0 saturated heterocycles. The monoisotopic (exact) mass is 439 g/mol. The standard InChI is InChI=1S/C15H29N5O6S2/c16-4-2-1-3-9(13(23)20-11(7-28)15(25)26)18-14(24)10(5-21)19-12(22)8(17)6-27/h8-11,21,27-28H,1-7,16-17H2,(H,18,24)(H,19,22)(H,20,23)(H,25,26)/t8-,9-,10-,11-/m0/s1. The van der Waals surface area contributed by atoms with E-state index in [4.69, 9.17) is 16.6 Å². The van der Waals surface area contributed by atoms with Gasteiger partial charge in [-0.2, -0.15) is 25.3 Å². The molecule has 0 aliphatic heterocycles. The number of carbonyl (C=O) groups excluding carboxylic acids is 3. The summed E-state index contributed by atoms with van der Waals surface area (Å²) in [6, 6.07) is -4.61. The molecule has 0 aromatic carbocycles. The number of nitrogens with two attached hydrogens (primary N) is 2. The molecule has 0 unspecified atom stereocenters. The maximum Gasteiger partial charge on any atom is 0.327 e. The van der Waals surface area contributed by atoms with Gasteiger partial charge >= 0.3 is 5.97 Å². The predicted octanol–water partition coefficient (Wildman–Crippen LogP) is -3.17. The van der Waals surface area contributed by atoms with E-state index in [9.17, 15) is 24.3 Å². The number of hydrogen-bond acceptors (Lipinski definition) is 9. The predicted molar refractivity (Wildman–Crippen MR) is 109 cm³/mol. The summed E-state index contributed by atoms with van der Waals surface area (Å²) in [4.78, 5) is 47.6. The second-order valence-electron chi connectivity index (χ2n) is 5.96. The first-order chi connectivity index (χ1) is 13.2. The lowest BCUT2D eigenvalue weighted by atomic mass is 10.1. The lowest BCUT2D eigenvalue weighted by Crippen LogP contribution is -2.58. The van der Waals surface area contributed by atoms with Crippen molar-refractivity contribution in [1.82, 2.24) is 16.0 Å². The smallest absolute Gasteiger partial charge is 0.327 e. The minimum atomic E-state index is -1.33. The van der Waals surface area contributed by atoms with Crippen molar-refractivity contribution in [2.24, 2.45) is 11.5 Å². The molecule has 0 rings (SSSR count). The summed E-state index contributed by atoms with van der Waals surface area (Å²) in [6.07, 6.45) is 1.27. The Kier molecular flexibility index (Phi) is 13.7. The number of carboxylic acid groups (broad SMARTS) is 1. The summed E-state index contributed by atoms with van der Waals surface area (Å²) in [7, 11) is 0. The fraction of sp³-hybridized carbons (Fsp3) is 0.733. The zero-order chi connectivity index (χ0) is 21.7. The molecule has 0 aromatic rings. The van der Waals surface area contributed by atoms with Crippen molar-refractivity contribution in [2.45, 2.75) is 43.4 Å². The maximum atomic E-state index is 12.4. The van der Waals surface area contributed by atoms with Gasteiger partial charge in [-0.25, -0.2) is 4.79 Å². The number of aliphatic hydroxyl groups is 1. The normalized spacial score (nSPS) is 15.0. The zero-order valence-corrected chi connectivity index (χ0v) is 17.1. The van der Waals surface area contributed by atoms with Gasteiger partial charge in [0.25, 0.3) is 0 Å². The highest BCUT2D eigenvalue weighted by Gasteiger charge is 2.29. The summed E-state index contributed by atoms with van der Waals surface area (Å²) in [5, 5.41) is 25.4. The molecule has 0 heterocycles. The molecule has 0 bridgehead atoms. The van der Waals surface area contributed by atoms with Crippen LogP contribution in [-0.4, -0.2) is 82.7 Å². The van der Waals surface area contributed by atoms with Crippen LogP contribution in [-0.2, 0) is 19.2 Å². The van der Waals surface area contributed by atoms with Crippen molar-refractivity contribution in [3.8, 4) is 0 Å². The number of hydrogen-bond donors (Lipinski definition) is 9. The first kappa shape index (κ1) is 26.5. The van der Waals surface area contributed by atoms with Crippen LogP contribution in [0.3, 0.4) is 0 Å². The average Bonchev–Trinajstić information content (AvgIpc) is 2.67. The molecular formula is C15H29N5O6S2. The summed E-state index contributed by atoms with van der Waals surface area (Å²) in [5.74, 6) is -3.59. The molecule has 9 N–H and O–H groups in total. The topological polar surface area (TPSA) is 197 Å². The molecule has 0 aliphatic carbocycles. The Hall–Kier alpha value is -1.54. The van der Waals surface area contributed by atoms with Crippen LogP contribution in [0.25, 0.3) is 0 Å². The van der Waals surface area contributed by atoms with Crippen molar-refractivity contribution in [2.75, 3.05) is 24.7 Å². The summed E-state index contributed by atoms with van der Waals surface area (Å²) in [5.41, 5.74) is 10.9. The number of unbranched alkanes of at least 4 members (excludes halogenated alkanes) is 1. The summed E-state index contributed by atoms with van der Waals surface area (Å²) in [6.45, 7) is -0.337. The number of aliphatic hydroxyl groups excluding tert-OH is 1. The lowest BCUT2D eigenvalue weighted by Gasteiger charge is -2.24. The molecule has 162 valence electrons. The quantitative estimate of drug-likeness (QED) is 0.0997. The lowest BCUT2D eigenvalue weighted by molar-refractivity contribution is -0.141. The highest BCUT2D eigenvalue weighted by molar-refractivity contribution is 7.80. The molecule has 0 aliphatic rings. The fourth-order valence-electron chi connectivity index (χ4n) is 2.05. The van der Waals surface area contributed by atoms with Crippen LogP contribution in [0.15, 0.2) is 0 Å². The van der Waals surface area contributed by atoms with Crippen LogP contribution >= 0.6 is 25.3 Å². The van der Waals surface area contributed by atoms with E-state index in [1.165, 1.54) is 0 Å². The molecule has 3 amide bonds. The Labute approximate surface area is 174 Å². The molecule has 0 fully saturated rings. The van der Waals surface area contributed by atoms with Crippen molar-refractivity contribution >= 4 is 48.9 Å². The second-order valence-corrected chi connectivity index (χ2v) is 6.69. The van der Waals surface area contributed by atoms with E-state index in [1.807, 2.05) is 0 Å². The number of amides is 3. The first-order valence-corrected chi connectivity index (χ1v) is 9.90. The van der Waals surface area contributed by atoms with Crippen molar-refractivity contribution in [3.63, 3.8) is 0 Å². The maximum absolute atomic E-state index is 12.4. The summed E-state index contributed by atoms with van der Waals surface area (Å²) < 4.78 is 0. The molecular weight excluding hydrogens is 410 g/mol. The van der Waals surface area contributed by atoms with E-state index in [1.54, 1.807) is 0 Å². The Balaban J connectivity index is 5.12. The van der Waals surface area contributed by atoms with E-state index in [-0.39, 0.29) is 17.9 Å². The SMILES string of the molecule is NCCCC[C@H](NC(=O)[C@H](CO)NC(=O)[C@@H](N)CS)C(=O)N[C@@H](CS)C(=O)O. The van der Waals surface area contributed by atoms with Gasteiger partial charge < -0.3 is 37.6 Å². The first-order valence-electron chi connectivity index (χ1n) is 8.63. The summed E-state index contributed by atoms with van der Waals surface area (Å²) >= 11 is 7.75. The fourth-order valence-corrected chi connectivity index (χ4v) is 2.46. The third kappa shape index (κ3) is 9.59. The van der Waals surface area contributed by atoms with Crippen LogP contribution in [0.1, 0.15) is 19.3 Å². The van der Waals surface area contributed by atoms with E-state index in [0.717, 1.165) is 0 Å². The van der Waals surface area contributed by atoms with E-state index in [0.29, 0.717) is 19.4 Å². The van der Waals surface area contributed by atoms with Gasteiger partial charge in [-0.3, -0.25) is 14.4 Å². The number of carbonyl (C=O) groups is 4. The number of thiol groups is 2. The number of nitrogens with one attached hydrogen (secondary N) is 3. The molecule has 0 spiro atoms. The second kappa shape index (κ2) is 14.5. The number of carboxylic acids is 1. The van der Waals surface area contributed by atoms with Crippen LogP contribution in [0.4, 0.5) is 0 Å². The molecule has 11 nitrogen and oxygen atoms in total. The van der Waals surface area contributed by atoms with Gasteiger partial charge in [-0.1, -0.05) is 0 Å². The van der Waals surface area contributed by atoms with Crippen molar-refractivity contribution < 1.29 is 29.4 Å². The minimum absolute atomic E-state index is 0.0377. The average molecular weight is 440 g/mol. The van der Waals surface area contributed by atoms with Gasteiger partial charge in [0.05, 0.1) is 12.6 Å². The van der Waals surface area contributed by atoms with Gasteiger partial charge in [0, 0.05) is 11.5 Å². The number of rotatable bonds is 14. The Morgan fingerprint density at radius 3 is 1.86 bits per heavy atom. The van der Waals surface area contributed by atoms with Crippen molar-refractivity contribution in [3.05, 3.63) is 0 Å². The third-order valence-corrected chi connectivity index (χ3v) is 4.48. The van der Waals surface area contributed by atoms with Crippen LogP contribution in [0, 0.1) is 0 Å². The van der Waals surface area contributed by atoms with Crippen LogP contribution in [0.2, 0.25) is 0 Å². The van der Waals surface area contributed by atoms with E-state index < -0.39 is 54.5 Å².